The van der Waals surface area contributed by atoms with E-state index in [2.05, 4.69) is 66.8 Å². The predicted molar refractivity (Wildman–Crippen MR) is 159 cm³/mol. The van der Waals surface area contributed by atoms with Crippen molar-refractivity contribution >= 4 is 22.8 Å². The fourth-order valence-electron chi connectivity index (χ4n) is 6.63. The number of ether oxygens (including phenoxy) is 1. The normalized spacial score (nSPS) is 22.5. The van der Waals surface area contributed by atoms with Gasteiger partial charge >= 0.3 is 6.01 Å². The molecule has 2 fully saturated rings. The average molecular weight is 552 g/mol. The summed E-state index contributed by atoms with van der Waals surface area (Å²) in [7, 11) is 2.13. The maximum atomic E-state index is 12.5. The first-order chi connectivity index (χ1) is 19.9. The van der Waals surface area contributed by atoms with Gasteiger partial charge in [0.2, 0.25) is 5.91 Å². The van der Waals surface area contributed by atoms with Gasteiger partial charge in [-0.15, -0.1) is 0 Å². The second kappa shape index (κ2) is 11.5. The third-order valence-electron chi connectivity index (χ3n) is 8.83. The van der Waals surface area contributed by atoms with Gasteiger partial charge < -0.3 is 19.4 Å². The molecule has 9 heteroatoms. The van der Waals surface area contributed by atoms with E-state index in [0.717, 1.165) is 54.7 Å². The van der Waals surface area contributed by atoms with Crippen LogP contribution in [0, 0.1) is 17.2 Å². The van der Waals surface area contributed by atoms with Crippen LogP contribution >= 0.6 is 0 Å². The van der Waals surface area contributed by atoms with E-state index in [9.17, 15) is 10.1 Å². The molecule has 3 atom stereocenters. The van der Waals surface area contributed by atoms with Crippen LogP contribution in [0.25, 0.3) is 22.3 Å². The van der Waals surface area contributed by atoms with Crippen molar-refractivity contribution < 1.29 is 9.53 Å². The van der Waals surface area contributed by atoms with Gasteiger partial charge in [-0.3, -0.25) is 4.79 Å². The highest BCUT2D eigenvalue weighted by Crippen LogP contribution is 2.36. The predicted octanol–water partition coefficient (Wildman–Crippen LogP) is 4.02. The Hall–Kier alpha value is -4.03. The molecule has 0 radical (unpaired) electrons. The number of hydrogen-bond acceptors (Lipinski definition) is 8. The molecule has 2 saturated heterocycles. The zero-order valence-corrected chi connectivity index (χ0v) is 23.9. The molecule has 0 saturated carbocycles. The zero-order chi connectivity index (χ0) is 28.5. The Bertz CT molecular complexity index is 1520. The van der Waals surface area contributed by atoms with Gasteiger partial charge in [-0.25, -0.2) is 4.98 Å². The van der Waals surface area contributed by atoms with Crippen molar-refractivity contribution in [1.29, 1.82) is 5.26 Å². The standard InChI is InChI=1S/C32H37N7O2/c1-4-29(40)39-16-15-38(19-23(39)12-13-33)31-26-10-11-28(25-9-5-7-22-17-21(2)18-27(22)25)34-30(26)35-32(36-31)41-20-24-8-6-14-37(24)3/h4-5,7,9-11,21,23-24H,1,6,8,12,14-20H2,2-3H3/t21?,23-,24-/m0/s1. The molecule has 2 aliphatic heterocycles. The maximum absolute atomic E-state index is 12.5. The first kappa shape index (κ1) is 27.2. The molecule has 6 rings (SSSR count). The topological polar surface area (TPSA) is 98.5 Å². The Morgan fingerprint density at radius 1 is 1.15 bits per heavy atom. The van der Waals surface area contributed by atoms with Crippen molar-refractivity contribution in [2.75, 3.05) is 44.7 Å². The Balaban J connectivity index is 1.38. The monoisotopic (exact) mass is 551 g/mol. The first-order valence-corrected chi connectivity index (χ1v) is 14.6. The summed E-state index contributed by atoms with van der Waals surface area (Å²) < 4.78 is 6.22. The fourth-order valence-corrected chi connectivity index (χ4v) is 6.63. The van der Waals surface area contributed by atoms with Crippen LogP contribution in [-0.2, 0) is 17.6 Å². The lowest BCUT2D eigenvalue weighted by Gasteiger charge is -2.41. The second-order valence-electron chi connectivity index (χ2n) is 11.6. The van der Waals surface area contributed by atoms with Crippen LogP contribution in [0.4, 0.5) is 5.82 Å². The van der Waals surface area contributed by atoms with E-state index in [1.165, 1.54) is 17.2 Å². The van der Waals surface area contributed by atoms with Gasteiger partial charge in [0.25, 0.3) is 0 Å². The van der Waals surface area contributed by atoms with Gasteiger partial charge in [0, 0.05) is 31.2 Å². The second-order valence-corrected chi connectivity index (χ2v) is 11.6. The molecular formula is C32H37N7O2. The number of nitrogens with zero attached hydrogens (tertiary/aromatic N) is 7. The van der Waals surface area contributed by atoms with Gasteiger partial charge in [-0.2, -0.15) is 15.2 Å². The number of pyridine rings is 1. The zero-order valence-electron chi connectivity index (χ0n) is 23.9. The highest BCUT2D eigenvalue weighted by molar-refractivity contribution is 5.90. The molecule has 2 aromatic heterocycles. The lowest BCUT2D eigenvalue weighted by Crippen LogP contribution is -2.55. The summed E-state index contributed by atoms with van der Waals surface area (Å²) in [4.78, 5) is 33.4. The minimum absolute atomic E-state index is 0.154. The lowest BCUT2D eigenvalue weighted by molar-refractivity contribution is -0.128. The van der Waals surface area contributed by atoms with Crippen molar-refractivity contribution in [1.82, 2.24) is 24.8 Å². The van der Waals surface area contributed by atoms with Crippen LogP contribution in [0.1, 0.15) is 37.3 Å². The van der Waals surface area contributed by atoms with Gasteiger partial charge in [-0.05, 0) is 74.5 Å². The highest BCUT2D eigenvalue weighted by Gasteiger charge is 2.32. The summed E-state index contributed by atoms with van der Waals surface area (Å²) in [6.07, 6.45) is 5.95. The number of benzene rings is 1. The number of carbonyl (C=O) groups excluding carboxylic acids is 1. The number of nitriles is 1. The number of rotatable bonds is 7. The molecule has 1 aromatic carbocycles. The van der Waals surface area contributed by atoms with Crippen molar-refractivity contribution in [2.24, 2.45) is 5.92 Å². The van der Waals surface area contributed by atoms with Crippen LogP contribution in [0.3, 0.4) is 0 Å². The molecule has 1 aliphatic carbocycles. The summed E-state index contributed by atoms with van der Waals surface area (Å²) in [6.45, 7) is 9.05. The molecule has 1 unspecified atom stereocenters. The largest absolute Gasteiger partial charge is 0.462 e. The van der Waals surface area contributed by atoms with Gasteiger partial charge in [0.15, 0.2) is 5.65 Å². The third-order valence-corrected chi connectivity index (χ3v) is 8.83. The van der Waals surface area contributed by atoms with E-state index in [4.69, 9.17) is 19.7 Å². The van der Waals surface area contributed by atoms with Crippen LogP contribution in [0.2, 0.25) is 0 Å². The Morgan fingerprint density at radius 2 is 2.02 bits per heavy atom. The molecule has 3 aromatic rings. The molecule has 0 N–H and O–H groups in total. The molecule has 9 nitrogen and oxygen atoms in total. The Kier molecular flexibility index (Phi) is 7.59. The molecule has 212 valence electrons. The number of fused-ring (bicyclic) bond motifs is 2. The Morgan fingerprint density at radius 3 is 2.80 bits per heavy atom. The number of hydrogen-bond donors (Lipinski definition) is 0. The van der Waals surface area contributed by atoms with Crippen LogP contribution in [0.5, 0.6) is 6.01 Å². The van der Waals surface area contributed by atoms with E-state index in [0.29, 0.717) is 49.9 Å². The van der Waals surface area contributed by atoms with E-state index >= 15 is 0 Å². The molecule has 4 heterocycles. The summed E-state index contributed by atoms with van der Waals surface area (Å²) in [5.74, 6) is 1.20. The van der Waals surface area contributed by atoms with Crippen molar-refractivity contribution in [3.8, 4) is 23.3 Å². The molecular weight excluding hydrogens is 514 g/mol. The van der Waals surface area contributed by atoms with Gasteiger partial charge in [0.05, 0.1) is 29.6 Å². The van der Waals surface area contributed by atoms with Crippen LogP contribution in [-0.4, -0.2) is 82.6 Å². The maximum Gasteiger partial charge on any atom is 0.320 e. The smallest absolute Gasteiger partial charge is 0.320 e. The quantitative estimate of drug-likeness (QED) is 0.406. The Labute approximate surface area is 241 Å². The number of carbonyl (C=O) groups is 1. The molecule has 0 bridgehead atoms. The number of likely N-dealkylation sites (tertiary alicyclic amines) is 1. The number of likely N-dealkylation sites (N-methyl/N-ethyl adjacent to an activating group) is 1. The van der Waals surface area contributed by atoms with Crippen LogP contribution < -0.4 is 9.64 Å². The van der Waals surface area contributed by atoms with Crippen molar-refractivity contribution in [3.63, 3.8) is 0 Å². The molecule has 41 heavy (non-hydrogen) atoms. The van der Waals surface area contributed by atoms with Crippen LogP contribution in [0.15, 0.2) is 43.0 Å². The fraction of sp³-hybridized carbons (Fsp3) is 0.469. The van der Waals surface area contributed by atoms with Crippen molar-refractivity contribution in [3.05, 3.63) is 54.1 Å². The highest BCUT2D eigenvalue weighted by atomic mass is 16.5. The third kappa shape index (κ3) is 5.36. The first-order valence-electron chi connectivity index (χ1n) is 14.6. The van der Waals surface area contributed by atoms with Gasteiger partial charge in [0.1, 0.15) is 12.4 Å². The molecule has 0 spiro atoms. The SMILES string of the molecule is C=CC(=O)N1CCN(c2nc(OC[C@@H]3CCCN3C)nc3nc(-c4cccc5c4CC(C)C5)ccc23)C[C@@H]1CC#N. The number of amides is 1. The number of anilines is 1. The minimum atomic E-state index is -0.262. The summed E-state index contributed by atoms with van der Waals surface area (Å²) in [5, 5.41) is 10.3. The minimum Gasteiger partial charge on any atom is -0.462 e. The van der Waals surface area contributed by atoms with E-state index in [-0.39, 0.29) is 18.4 Å². The van der Waals surface area contributed by atoms with E-state index < -0.39 is 0 Å². The summed E-state index contributed by atoms with van der Waals surface area (Å²) in [6, 6.07) is 13.2. The number of piperazine rings is 1. The van der Waals surface area contributed by atoms with E-state index in [1.807, 2.05) is 0 Å². The number of aromatic nitrogens is 3. The summed E-state index contributed by atoms with van der Waals surface area (Å²) >= 11 is 0. The molecule has 1 amide bonds. The average Bonchev–Trinajstić information content (AvgIpc) is 3.58. The lowest BCUT2D eigenvalue weighted by atomic mass is 10.00. The summed E-state index contributed by atoms with van der Waals surface area (Å²) in [5.41, 5.74) is 5.44. The molecule has 3 aliphatic rings. The van der Waals surface area contributed by atoms with E-state index in [1.54, 1.807) is 4.90 Å². The van der Waals surface area contributed by atoms with Crippen molar-refractivity contribution in [2.45, 2.75) is 51.1 Å². The van der Waals surface area contributed by atoms with Gasteiger partial charge in [-0.1, -0.05) is 31.7 Å².